The topological polar surface area (TPSA) is 35.5 Å². The Kier molecular flexibility index (Phi) is 3.60. The molecule has 0 fully saturated rings. The first-order valence-corrected chi connectivity index (χ1v) is 6.47. The van der Waals surface area contributed by atoms with Gasteiger partial charge in [0.1, 0.15) is 11.4 Å². The number of hydrogen-bond acceptors (Lipinski definition) is 3. The highest BCUT2D eigenvalue weighted by Gasteiger charge is 2.20. The molecule has 0 bridgehead atoms. The van der Waals surface area contributed by atoms with E-state index < -0.39 is 11.8 Å². The van der Waals surface area contributed by atoms with E-state index in [0.717, 1.165) is 24.8 Å². The molecule has 0 saturated heterocycles. The second-order valence-electron chi connectivity index (χ2n) is 5.67. The monoisotopic (exact) mass is 248 g/mol. The van der Waals surface area contributed by atoms with E-state index >= 15 is 0 Å². The Balaban J connectivity index is 2.12. The van der Waals surface area contributed by atoms with Crippen LogP contribution in [-0.2, 0) is 17.6 Å². The third kappa shape index (κ3) is 3.25. The van der Waals surface area contributed by atoms with Crippen molar-refractivity contribution in [2.75, 3.05) is 0 Å². The first kappa shape index (κ1) is 12.9. The molecular formula is C15H20O3. The normalized spacial score (nSPS) is 14.8. The summed E-state index contributed by atoms with van der Waals surface area (Å²) < 4.78 is 10.5. The zero-order chi connectivity index (χ0) is 13.2. The molecule has 0 amide bonds. The lowest BCUT2D eigenvalue weighted by atomic mass is 9.91. The summed E-state index contributed by atoms with van der Waals surface area (Å²) in [5, 5.41) is 0. The van der Waals surface area contributed by atoms with Crippen LogP contribution in [-0.4, -0.2) is 11.8 Å². The second kappa shape index (κ2) is 5.01. The maximum Gasteiger partial charge on any atom is 0.514 e. The van der Waals surface area contributed by atoms with Crippen LogP contribution in [0.3, 0.4) is 0 Å². The predicted octanol–water partition coefficient (Wildman–Crippen LogP) is 3.88. The quantitative estimate of drug-likeness (QED) is 0.559. The van der Waals surface area contributed by atoms with Crippen molar-refractivity contribution < 1.29 is 14.3 Å². The Morgan fingerprint density at radius 1 is 1.17 bits per heavy atom. The Hall–Kier alpha value is -1.51. The first-order chi connectivity index (χ1) is 8.46. The van der Waals surface area contributed by atoms with E-state index in [1.54, 1.807) is 0 Å². The molecule has 0 heterocycles. The molecule has 0 unspecified atom stereocenters. The van der Waals surface area contributed by atoms with Gasteiger partial charge < -0.3 is 9.47 Å². The van der Waals surface area contributed by atoms with Crippen molar-refractivity contribution in [1.82, 2.24) is 0 Å². The number of carbonyl (C=O) groups is 1. The van der Waals surface area contributed by atoms with E-state index in [-0.39, 0.29) is 0 Å². The lowest BCUT2D eigenvalue weighted by molar-refractivity contribution is 0.0204. The van der Waals surface area contributed by atoms with E-state index in [2.05, 4.69) is 6.07 Å². The molecule has 0 aromatic heterocycles. The summed E-state index contributed by atoms with van der Waals surface area (Å²) in [6.07, 6.45) is 3.79. The Morgan fingerprint density at radius 3 is 2.61 bits per heavy atom. The number of ether oxygens (including phenoxy) is 2. The number of carbonyl (C=O) groups excluding carboxylic acids is 1. The second-order valence-corrected chi connectivity index (χ2v) is 5.67. The average molecular weight is 248 g/mol. The largest absolute Gasteiger partial charge is 0.514 e. The van der Waals surface area contributed by atoms with Gasteiger partial charge in [0.05, 0.1) is 0 Å². The summed E-state index contributed by atoms with van der Waals surface area (Å²) in [6, 6.07) is 5.88. The van der Waals surface area contributed by atoms with E-state index in [4.69, 9.17) is 9.47 Å². The van der Waals surface area contributed by atoms with Crippen molar-refractivity contribution in [2.24, 2.45) is 0 Å². The van der Waals surface area contributed by atoms with E-state index in [1.165, 1.54) is 12.0 Å². The summed E-state index contributed by atoms with van der Waals surface area (Å²) in [5.74, 6) is 0.654. The average Bonchev–Trinajstić information content (AvgIpc) is 2.27. The minimum Gasteiger partial charge on any atom is -0.428 e. The zero-order valence-electron chi connectivity index (χ0n) is 11.3. The Morgan fingerprint density at radius 2 is 1.89 bits per heavy atom. The van der Waals surface area contributed by atoms with Crippen LogP contribution in [0.15, 0.2) is 18.2 Å². The number of fused-ring (bicyclic) bond motifs is 1. The fraction of sp³-hybridized carbons (Fsp3) is 0.533. The van der Waals surface area contributed by atoms with E-state index in [0.29, 0.717) is 5.75 Å². The minimum absolute atomic E-state index is 0.522. The van der Waals surface area contributed by atoms with Crippen LogP contribution in [0.2, 0.25) is 0 Å². The maximum absolute atomic E-state index is 11.7. The summed E-state index contributed by atoms with van der Waals surface area (Å²) in [4.78, 5) is 11.7. The molecule has 3 nitrogen and oxygen atoms in total. The Bertz CT molecular complexity index is 444. The van der Waals surface area contributed by atoms with Crippen LogP contribution in [0.25, 0.3) is 0 Å². The van der Waals surface area contributed by atoms with Gasteiger partial charge in [-0.3, -0.25) is 0 Å². The van der Waals surface area contributed by atoms with Gasteiger partial charge in [-0.1, -0.05) is 12.1 Å². The van der Waals surface area contributed by atoms with E-state index in [9.17, 15) is 4.79 Å². The molecule has 0 spiro atoms. The molecule has 18 heavy (non-hydrogen) atoms. The van der Waals surface area contributed by atoms with Crippen molar-refractivity contribution >= 4 is 6.16 Å². The molecule has 1 aromatic carbocycles. The van der Waals surface area contributed by atoms with Gasteiger partial charge in [0, 0.05) is 0 Å². The molecule has 1 aliphatic rings. The van der Waals surface area contributed by atoms with E-state index in [1.807, 2.05) is 32.9 Å². The molecule has 0 saturated carbocycles. The smallest absolute Gasteiger partial charge is 0.428 e. The highest BCUT2D eigenvalue weighted by atomic mass is 16.7. The molecule has 2 rings (SSSR count). The van der Waals surface area contributed by atoms with Gasteiger partial charge in [-0.2, -0.15) is 0 Å². The molecular weight excluding hydrogens is 228 g/mol. The number of benzene rings is 1. The van der Waals surface area contributed by atoms with Gasteiger partial charge in [-0.05, 0) is 63.6 Å². The summed E-state index contributed by atoms with van der Waals surface area (Å²) in [6.45, 7) is 5.48. The number of aryl methyl sites for hydroxylation is 1. The lowest BCUT2D eigenvalue weighted by Gasteiger charge is -2.21. The molecule has 0 atom stereocenters. The summed E-state index contributed by atoms with van der Waals surface area (Å²) in [7, 11) is 0. The van der Waals surface area contributed by atoms with Crippen LogP contribution in [0.1, 0.15) is 44.7 Å². The molecule has 98 valence electrons. The number of rotatable bonds is 1. The zero-order valence-corrected chi connectivity index (χ0v) is 11.3. The van der Waals surface area contributed by atoms with Crippen LogP contribution in [0, 0.1) is 0 Å². The Labute approximate surface area is 108 Å². The van der Waals surface area contributed by atoms with Crippen molar-refractivity contribution in [2.45, 2.75) is 52.1 Å². The molecule has 3 heteroatoms. The van der Waals surface area contributed by atoms with Crippen LogP contribution in [0.5, 0.6) is 5.75 Å². The fourth-order valence-electron chi connectivity index (χ4n) is 2.20. The third-order valence-electron chi connectivity index (χ3n) is 2.94. The lowest BCUT2D eigenvalue weighted by Crippen LogP contribution is -2.26. The minimum atomic E-state index is -0.624. The van der Waals surface area contributed by atoms with Crippen molar-refractivity contribution in [1.29, 1.82) is 0 Å². The predicted molar refractivity (Wildman–Crippen MR) is 69.9 cm³/mol. The summed E-state index contributed by atoms with van der Waals surface area (Å²) in [5.41, 5.74) is 1.93. The third-order valence-corrected chi connectivity index (χ3v) is 2.94. The SMILES string of the molecule is CC(C)(C)OC(=O)Oc1cccc2c1CCCC2. The highest BCUT2D eigenvalue weighted by molar-refractivity contribution is 5.65. The van der Waals surface area contributed by atoms with Crippen LogP contribution < -0.4 is 4.74 Å². The van der Waals surface area contributed by atoms with Crippen LogP contribution in [0.4, 0.5) is 4.79 Å². The number of hydrogen-bond donors (Lipinski definition) is 0. The maximum atomic E-state index is 11.7. The standard InChI is InChI=1S/C15H20O3/c1-15(2,3)18-14(16)17-13-10-6-8-11-7-4-5-9-12(11)13/h6,8,10H,4-5,7,9H2,1-3H3. The molecule has 1 aliphatic carbocycles. The van der Waals surface area contributed by atoms with Crippen molar-refractivity contribution in [3.05, 3.63) is 29.3 Å². The fourth-order valence-corrected chi connectivity index (χ4v) is 2.20. The van der Waals surface area contributed by atoms with Gasteiger partial charge in [0.15, 0.2) is 0 Å². The van der Waals surface area contributed by atoms with Crippen molar-refractivity contribution in [3.63, 3.8) is 0 Å². The molecule has 0 aliphatic heterocycles. The molecule has 1 aromatic rings. The van der Waals surface area contributed by atoms with Gasteiger partial charge >= 0.3 is 6.16 Å². The molecule has 0 radical (unpaired) electrons. The highest BCUT2D eigenvalue weighted by Crippen LogP contribution is 2.30. The molecule has 0 N–H and O–H groups in total. The van der Waals surface area contributed by atoms with Gasteiger partial charge in [-0.15, -0.1) is 0 Å². The van der Waals surface area contributed by atoms with Crippen LogP contribution >= 0.6 is 0 Å². The van der Waals surface area contributed by atoms with Crippen molar-refractivity contribution in [3.8, 4) is 5.75 Å². The van der Waals surface area contributed by atoms with Gasteiger partial charge in [-0.25, -0.2) is 4.79 Å². The summed E-state index contributed by atoms with van der Waals surface area (Å²) >= 11 is 0. The van der Waals surface area contributed by atoms with Gasteiger partial charge in [0.25, 0.3) is 0 Å². The van der Waals surface area contributed by atoms with Gasteiger partial charge in [0.2, 0.25) is 0 Å². The first-order valence-electron chi connectivity index (χ1n) is 6.47.